The largest absolute Gasteiger partial charge is 0.476 e. The molecule has 1 aromatic heterocycles. The van der Waals surface area contributed by atoms with Crippen LogP contribution in [0.4, 0.5) is 0 Å². The number of carbonyl (C=O) groups is 1. The molecule has 0 atom stereocenters. The first-order valence-electron chi connectivity index (χ1n) is 5.42. The number of nitrogens with zero attached hydrogens (tertiary/aromatic N) is 2. The van der Waals surface area contributed by atoms with Crippen LogP contribution in [-0.2, 0) is 10.0 Å². The second kappa shape index (κ2) is 4.51. The second-order valence-electron chi connectivity index (χ2n) is 4.17. The molecule has 0 radical (unpaired) electrons. The Hall–Kier alpha value is -2.15. The highest BCUT2D eigenvalue weighted by Gasteiger charge is 2.21. The molecule has 2 rings (SSSR count). The van der Waals surface area contributed by atoms with Gasteiger partial charge in [0.1, 0.15) is 6.33 Å². The van der Waals surface area contributed by atoms with Gasteiger partial charge < -0.3 is 5.11 Å². The van der Waals surface area contributed by atoms with Crippen LogP contribution in [0.2, 0.25) is 0 Å². The average Bonchev–Trinajstić information content (AvgIpc) is 2.78. The highest BCUT2D eigenvalue weighted by Crippen LogP contribution is 2.19. The third kappa shape index (κ3) is 2.37. The van der Waals surface area contributed by atoms with Crippen molar-refractivity contribution in [2.24, 2.45) is 0 Å². The summed E-state index contributed by atoms with van der Waals surface area (Å²) in [5.74, 6) is -1.27. The van der Waals surface area contributed by atoms with E-state index in [0.717, 1.165) is 22.1 Å². The lowest BCUT2D eigenvalue weighted by Gasteiger charge is -2.08. The number of hydrogen-bond acceptors (Lipinski definition) is 4. The van der Waals surface area contributed by atoms with Crippen LogP contribution < -0.4 is 0 Å². The van der Waals surface area contributed by atoms with E-state index in [0.29, 0.717) is 5.56 Å². The van der Waals surface area contributed by atoms with Crippen LogP contribution >= 0.6 is 0 Å². The number of carboxylic acids is 1. The molecule has 0 saturated carbocycles. The van der Waals surface area contributed by atoms with Crippen molar-refractivity contribution in [3.63, 3.8) is 0 Å². The first kappa shape index (κ1) is 13.3. The Balaban J connectivity index is 2.55. The molecule has 6 nitrogen and oxygen atoms in total. The van der Waals surface area contributed by atoms with E-state index in [2.05, 4.69) is 4.98 Å². The van der Waals surface area contributed by atoms with Crippen LogP contribution in [0, 0.1) is 13.8 Å². The number of benzene rings is 1. The summed E-state index contributed by atoms with van der Waals surface area (Å²) in [6.45, 7) is 3.55. The van der Waals surface area contributed by atoms with Crippen LogP contribution in [0.3, 0.4) is 0 Å². The van der Waals surface area contributed by atoms with Gasteiger partial charge in [-0.15, -0.1) is 0 Å². The Morgan fingerprint density at radius 1 is 1.32 bits per heavy atom. The Kier molecular flexibility index (Phi) is 3.15. The van der Waals surface area contributed by atoms with E-state index in [1.807, 2.05) is 6.92 Å². The van der Waals surface area contributed by atoms with Crippen molar-refractivity contribution < 1.29 is 18.3 Å². The maximum absolute atomic E-state index is 12.3. The standard InChI is InChI=1S/C12H12N2O4S/c1-8-3-4-11(9(2)5-8)19(17,18)14-6-10(12(15)16)13-7-14/h3-7H,1-2H3,(H,15,16). The highest BCUT2D eigenvalue weighted by molar-refractivity contribution is 7.90. The number of aromatic carboxylic acids is 1. The smallest absolute Gasteiger partial charge is 0.356 e. The van der Waals surface area contributed by atoms with Crippen LogP contribution in [0.25, 0.3) is 0 Å². The fourth-order valence-electron chi connectivity index (χ4n) is 1.75. The summed E-state index contributed by atoms with van der Waals surface area (Å²) in [4.78, 5) is 14.4. The minimum atomic E-state index is -3.81. The summed E-state index contributed by atoms with van der Waals surface area (Å²) in [5.41, 5.74) is 1.24. The number of imidazole rings is 1. The van der Waals surface area contributed by atoms with E-state index in [4.69, 9.17) is 5.11 Å². The molecule has 0 fully saturated rings. The molecule has 0 unspecified atom stereocenters. The molecule has 0 saturated heterocycles. The third-order valence-electron chi connectivity index (χ3n) is 2.67. The molecule has 7 heteroatoms. The number of aryl methyl sites for hydroxylation is 2. The molecule has 100 valence electrons. The molecule has 1 N–H and O–H groups in total. The van der Waals surface area contributed by atoms with Crippen molar-refractivity contribution in [2.45, 2.75) is 18.7 Å². The van der Waals surface area contributed by atoms with Crippen molar-refractivity contribution in [1.82, 2.24) is 8.96 Å². The number of hydrogen-bond donors (Lipinski definition) is 1. The van der Waals surface area contributed by atoms with Crippen molar-refractivity contribution >= 4 is 16.0 Å². The topological polar surface area (TPSA) is 89.3 Å². The number of carboxylic acid groups (broad SMARTS) is 1. The van der Waals surface area contributed by atoms with Crippen molar-refractivity contribution in [2.75, 3.05) is 0 Å². The average molecular weight is 280 g/mol. The summed E-state index contributed by atoms with van der Waals surface area (Å²) in [7, 11) is -3.81. The van der Waals surface area contributed by atoms with Gasteiger partial charge in [-0.3, -0.25) is 0 Å². The minimum Gasteiger partial charge on any atom is -0.476 e. The molecule has 2 aromatic rings. The molecule has 1 heterocycles. The summed E-state index contributed by atoms with van der Waals surface area (Å²) in [6, 6.07) is 4.94. The number of aromatic nitrogens is 2. The van der Waals surface area contributed by atoms with E-state index >= 15 is 0 Å². The van der Waals surface area contributed by atoms with Crippen LogP contribution in [-0.4, -0.2) is 28.5 Å². The van der Waals surface area contributed by atoms with E-state index in [9.17, 15) is 13.2 Å². The van der Waals surface area contributed by atoms with Crippen molar-refractivity contribution in [3.8, 4) is 0 Å². The first-order valence-corrected chi connectivity index (χ1v) is 6.86. The normalized spacial score (nSPS) is 11.5. The summed E-state index contributed by atoms with van der Waals surface area (Å²) < 4.78 is 25.5. The molecule has 19 heavy (non-hydrogen) atoms. The molecule has 0 aliphatic rings. The predicted molar refractivity (Wildman–Crippen MR) is 67.7 cm³/mol. The van der Waals surface area contributed by atoms with Crippen molar-refractivity contribution in [1.29, 1.82) is 0 Å². The fourth-order valence-corrected chi connectivity index (χ4v) is 3.09. The highest BCUT2D eigenvalue weighted by atomic mass is 32.2. The summed E-state index contributed by atoms with van der Waals surface area (Å²) >= 11 is 0. The molecule has 0 aliphatic heterocycles. The first-order chi connectivity index (χ1) is 8.82. The Morgan fingerprint density at radius 2 is 2.00 bits per heavy atom. The zero-order chi connectivity index (χ0) is 14.2. The predicted octanol–water partition coefficient (Wildman–Crippen LogP) is 1.44. The van der Waals surface area contributed by atoms with Gasteiger partial charge in [-0.25, -0.2) is 22.2 Å². The van der Waals surface area contributed by atoms with Gasteiger partial charge in [-0.1, -0.05) is 17.7 Å². The van der Waals surface area contributed by atoms with Gasteiger partial charge in [-0.2, -0.15) is 0 Å². The van der Waals surface area contributed by atoms with Gasteiger partial charge in [0.2, 0.25) is 0 Å². The molecule has 0 amide bonds. The van der Waals surface area contributed by atoms with Gasteiger partial charge in [0.25, 0.3) is 10.0 Å². The van der Waals surface area contributed by atoms with E-state index in [-0.39, 0.29) is 10.6 Å². The summed E-state index contributed by atoms with van der Waals surface area (Å²) in [5, 5.41) is 8.75. The molecular weight excluding hydrogens is 268 g/mol. The van der Waals surface area contributed by atoms with E-state index in [1.165, 1.54) is 6.07 Å². The van der Waals surface area contributed by atoms with Gasteiger partial charge in [0.05, 0.1) is 11.1 Å². The second-order valence-corrected chi connectivity index (χ2v) is 5.98. The molecule has 0 aliphatic carbocycles. The maximum Gasteiger partial charge on any atom is 0.356 e. The Bertz CT molecular complexity index is 747. The van der Waals surface area contributed by atoms with Gasteiger partial charge >= 0.3 is 5.97 Å². The SMILES string of the molecule is Cc1ccc(S(=O)(=O)n2cnc(C(=O)O)c2)c(C)c1. The zero-order valence-corrected chi connectivity index (χ0v) is 11.2. The minimum absolute atomic E-state index is 0.132. The van der Waals surface area contributed by atoms with Gasteiger partial charge in [0, 0.05) is 0 Å². The Labute approximate surface area is 110 Å². The quantitative estimate of drug-likeness (QED) is 0.918. The van der Waals surface area contributed by atoms with Crippen LogP contribution in [0.1, 0.15) is 21.6 Å². The zero-order valence-electron chi connectivity index (χ0n) is 10.4. The van der Waals surface area contributed by atoms with Gasteiger partial charge in [-0.05, 0) is 25.5 Å². The lowest BCUT2D eigenvalue weighted by Crippen LogP contribution is -2.12. The third-order valence-corrected chi connectivity index (χ3v) is 4.43. The molecular formula is C12H12N2O4S. The molecule has 0 spiro atoms. The fraction of sp³-hybridized carbons (Fsp3) is 0.167. The lowest BCUT2D eigenvalue weighted by atomic mass is 10.2. The summed E-state index contributed by atoms with van der Waals surface area (Å²) in [6.07, 6.45) is 1.97. The van der Waals surface area contributed by atoms with Crippen molar-refractivity contribution in [3.05, 3.63) is 47.5 Å². The van der Waals surface area contributed by atoms with E-state index in [1.54, 1.807) is 19.1 Å². The van der Waals surface area contributed by atoms with E-state index < -0.39 is 16.0 Å². The monoisotopic (exact) mass is 280 g/mol. The van der Waals surface area contributed by atoms with Gasteiger partial charge in [0.15, 0.2) is 5.69 Å². The molecule has 0 bridgehead atoms. The maximum atomic E-state index is 12.3. The van der Waals surface area contributed by atoms with Crippen LogP contribution in [0.5, 0.6) is 0 Å². The molecule has 1 aromatic carbocycles. The lowest BCUT2D eigenvalue weighted by molar-refractivity contribution is 0.0691. The number of rotatable bonds is 3. The van der Waals surface area contributed by atoms with Crippen LogP contribution in [0.15, 0.2) is 35.6 Å². The Morgan fingerprint density at radius 3 is 2.53 bits per heavy atom.